The summed E-state index contributed by atoms with van der Waals surface area (Å²) in [7, 11) is 0. The molecule has 2 aromatic rings. The topological polar surface area (TPSA) is 24.7 Å². The van der Waals surface area contributed by atoms with E-state index in [0.717, 1.165) is 22.8 Å². The van der Waals surface area contributed by atoms with Crippen LogP contribution in [0.1, 0.15) is 36.1 Å². The molecule has 0 saturated carbocycles. The Hall–Kier alpha value is -1.56. The zero-order valence-electron chi connectivity index (χ0n) is 16.7. The zero-order valence-corrected chi connectivity index (χ0v) is 18.2. The molecule has 0 aliphatic heterocycles. The Morgan fingerprint density at radius 3 is 1.08 bits per heavy atom. The molecule has 3 heteroatoms. The first kappa shape index (κ1) is 25.7. The summed E-state index contributed by atoms with van der Waals surface area (Å²) in [6, 6.07) is 12.5. The van der Waals surface area contributed by atoms with Crippen LogP contribution in [0.5, 0.6) is 0 Å². The molecule has 0 heterocycles. The van der Waals surface area contributed by atoms with E-state index in [1.54, 1.807) is 0 Å². The molecule has 0 bridgehead atoms. The smallest absolute Gasteiger partial charge is 0.358 e. The van der Waals surface area contributed by atoms with E-state index in [2.05, 4.69) is 64.1 Å². The predicted octanol–water partition coefficient (Wildman–Crippen LogP) is 6.70. The van der Waals surface area contributed by atoms with Crippen molar-refractivity contribution in [3.05, 3.63) is 73.5 Å². The Morgan fingerprint density at radius 1 is 0.600 bits per heavy atom. The van der Waals surface area contributed by atoms with Gasteiger partial charge >= 0.3 is 20.4 Å². The van der Waals surface area contributed by atoms with E-state index >= 15 is 0 Å². The molecule has 0 saturated heterocycles. The third-order valence-corrected chi connectivity index (χ3v) is 3.96. The number of hydrogen-bond donors (Lipinski definition) is 0. The predicted molar refractivity (Wildman–Crippen MR) is 110 cm³/mol. The summed E-state index contributed by atoms with van der Waals surface area (Å²) in [4.78, 5) is 9.60. The summed E-state index contributed by atoms with van der Waals surface area (Å²) in [5.41, 5.74) is 8.80. The fraction of sp³-hybridized carbons (Fsp3) is 0.273. The van der Waals surface area contributed by atoms with Gasteiger partial charge in [-0.1, -0.05) is 36.4 Å². The van der Waals surface area contributed by atoms with Crippen LogP contribution >= 0.6 is 0 Å². The van der Waals surface area contributed by atoms with Crippen LogP contribution in [0, 0.1) is 42.5 Å². The van der Waals surface area contributed by atoms with Crippen molar-refractivity contribution < 1.29 is 20.4 Å². The van der Waals surface area contributed by atoms with E-state index in [4.69, 9.17) is 9.98 Å². The monoisotopic (exact) mass is 428 g/mol. The van der Waals surface area contributed by atoms with Gasteiger partial charge in [0.05, 0.1) is 22.8 Å². The van der Waals surface area contributed by atoms with Gasteiger partial charge in [0, 0.05) is 0 Å². The van der Waals surface area contributed by atoms with Crippen molar-refractivity contribution >= 4 is 22.8 Å². The van der Waals surface area contributed by atoms with Crippen molar-refractivity contribution in [2.75, 3.05) is 0 Å². The van der Waals surface area contributed by atoms with Gasteiger partial charge in [0.1, 0.15) is 0 Å². The minimum Gasteiger partial charge on any atom is -0.358 e. The second-order valence-corrected chi connectivity index (χ2v) is 5.88. The van der Waals surface area contributed by atoms with E-state index in [9.17, 15) is 0 Å². The van der Waals surface area contributed by atoms with Gasteiger partial charge in [-0.2, -0.15) is 0 Å². The van der Waals surface area contributed by atoms with Crippen LogP contribution in [0.4, 0.5) is 11.4 Å². The van der Waals surface area contributed by atoms with E-state index in [1.807, 2.05) is 13.8 Å². The number of aliphatic imine (C=N–C) groups is 2. The van der Waals surface area contributed by atoms with Gasteiger partial charge in [0.25, 0.3) is 0 Å². The number of nitrogens with zero attached hydrogens (tertiary/aromatic N) is 2. The van der Waals surface area contributed by atoms with Crippen molar-refractivity contribution in [3.8, 4) is 0 Å². The molecule has 0 unspecified atom stereocenters. The molecular formula is C22H30N2Pd. The second kappa shape index (κ2) is 11.1. The van der Waals surface area contributed by atoms with Gasteiger partial charge in [-0.15, -0.1) is 0 Å². The third-order valence-electron chi connectivity index (χ3n) is 3.96. The first-order chi connectivity index (χ1) is 10.4. The number of benzene rings is 2. The Balaban J connectivity index is 0. The average Bonchev–Trinajstić information content (AvgIpc) is 2.46. The van der Waals surface area contributed by atoms with Crippen LogP contribution in [0.25, 0.3) is 0 Å². The minimum absolute atomic E-state index is 0. The van der Waals surface area contributed by atoms with E-state index in [-0.39, 0.29) is 35.3 Å². The number of rotatable bonds is 3. The van der Waals surface area contributed by atoms with E-state index in [0.29, 0.717) is 0 Å². The molecule has 0 fully saturated rings. The summed E-state index contributed by atoms with van der Waals surface area (Å²) < 4.78 is 0. The van der Waals surface area contributed by atoms with Gasteiger partial charge < -0.3 is 14.9 Å². The third kappa shape index (κ3) is 6.35. The first-order valence-electron chi connectivity index (χ1n) is 7.63. The summed E-state index contributed by atoms with van der Waals surface area (Å²) in [6.45, 7) is 12.4. The molecule has 2 nitrogen and oxygen atoms in total. The van der Waals surface area contributed by atoms with Crippen LogP contribution in [0.15, 0.2) is 46.4 Å². The Kier molecular flexibility index (Phi) is 11.4. The fourth-order valence-electron chi connectivity index (χ4n) is 2.46. The maximum atomic E-state index is 4.80. The van der Waals surface area contributed by atoms with Crippen LogP contribution in [0.2, 0.25) is 0 Å². The summed E-state index contributed by atoms with van der Waals surface area (Å²) in [6.07, 6.45) is 0. The number of hydrogen-bond acceptors (Lipinski definition) is 2. The fourth-order valence-corrected chi connectivity index (χ4v) is 2.46. The van der Waals surface area contributed by atoms with Crippen LogP contribution in [-0.4, -0.2) is 11.4 Å². The van der Waals surface area contributed by atoms with Crippen molar-refractivity contribution in [2.45, 2.75) is 41.5 Å². The van der Waals surface area contributed by atoms with E-state index in [1.165, 1.54) is 22.3 Å². The van der Waals surface area contributed by atoms with Crippen molar-refractivity contribution in [1.29, 1.82) is 0 Å². The number of aryl methyl sites for hydroxylation is 4. The molecule has 0 radical (unpaired) electrons. The molecule has 0 N–H and O–H groups in total. The maximum Gasteiger partial charge on any atom is 2.00 e. The molecule has 2 rings (SSSR count). The second-order valence-electron chi connectivity index (χ2n) is 5.88. The van der Waals surface area contributed by atoms with Crippen molar-refractivity contribution in [2.24, 2.45) is 9.98 Å². The maximum absolute atomic E-state index is 4.80. The summed E-state index contributed by atoms with van der Waals surface area (Å²) in [5.74, 6) is 0. The molecular weight excluding hydrogens is 399 g/mol. The van der Waals surface area contributed by atoms with Crippen LogP contribution < -0.4 is 0 Å². The standard InChI is InChI=1S/C20H24N2.2CH3.Pd/c1-13-9-7-10-14(2)19(13)21-17(5)18(6)22-20-15(3)11-8-12-16(20)4;;;/h7-12H,1-6H3;2*1H3;/q;2*-1;+2. The van der Waals surface area contributed by atoms with Gasteiger partial charge in [0.2, 0.25) is 0 Å². The minimum atomic E-state index is 0. The van der Waals surface area contributed by atoms with Gasteiger partial charge in [-0.25, -0.2) is 0 Å². The van der Waals surface area contributed by atoms with Crippen LogP contribution in [0.3, 0.4) is 0 Å². The van der Waals surface area contributed by atoms with Crippen molar-refractivity contribution in [1.82, 2.24) is 0 Å². The Bertz CT molecular complexity index is 653. The molecule has 138 valence electrons. The molecule has 2 aromatic carbocycles. The molecule has 0 atom stereocenters. The summed E-state index contributed by atoms with van der Waals surface area (Å²) >= 11 is 0. The molecule has 25 heavy (non-hydrogen) atoms. The Morgan fingerprint density at radius 2 is 0.840 bits per heavy atom. The Labute approximate surface area is 168 Å². The molecule has 0 spiro atoms. The zero-order chi connectivity index (χ0) is 16.3. The van der Waals surface area contributed by atoms with Crippen molar-refractivity contribution in [3.63, 3.8) is 0 Å². The molecule has 0 aromatic heterocycles. The number of para-hydroxylation sites is 2. The van der Waals surface area contributed by atoms with Gasteiger partial charge in [-0.05, 0) is 63.8 Å². The van der Waals surface area contributed by atoms with Gasteiger partial charge in [-0.3, -0.25) is 9.98 Å². The van der Waals surface area contributed by atoms with Gasteiger partial charge in [0.15, 0.2) is 0 Å². The largest absolute Gasteiger partial charge is 2.00 e. The molecule has 0 aliphatic carbocycles. The van der Waals surface area contributed by atoms with E-state index < -0.39 is 0 Å². The van der Waals surface area contributed by atoms with Crippen LogP contribution in [-0.2, 0) is 20.4 Å². The normalized spacial score (nSPS) is 11.1. The first-order valence-corrected chi connectivity index (χ1v) is 7.63. The molecule has 0 aliphatic rings. The quantitative estimate of drug-likeness (QED) is 0.295. The molecule has 0 amide bonds. The SMILES string of the molecule is CC(=Nc1c(C)cccc1C)C(C)=Nc1c(C)cccc1C.[CH3-].[CH3-].[Pd+2]. The summed E-state index contributed by atoms with van der Waals surface area (Å²) in [5, 5.41) is 0. The average molecular weight is 429 g/mol.